The summed E-state index contributed by atoms with van der Waals surface area (Å²) in [6.45, 7) is 0. The van der Waals surface area contributed by atoms with E-state index in [4.69, 9.17) is 4.12 Å². The van der Waals surface area contributed by atoms with Crippen LogP contribution in [0, 0.1) is 0 Å². The maximum Gasteiger partial charge on any atom is 0.278 e. The van der Waals surface area contributed by atoms with Gasteiger partial charge in [-0.3, -0.25) is 0 Å². The van der Waals surface area contributed by atoms with E-state index < -0.39 is 7.34 Å². The molecule has 0 unspecified atom stereocenters. The standard InChI is InChI=1S/H10OS2Si4/c4-1-7(2-5)3-6/h7H,4-6H3. The predicted molar refractivity (Wildman–Crippen MR) is 53.2 cm³/mol. The Balaban J connectivity index is 2.99. The topological polar surface area (TPSA) is 9.23 Å². The van der Waals surface area contributed by atoms with Gasteiger partial charge >= 0.3 is 0 Å². The van der Waals surface area contributed by atoms with Crippen LogP contribution in [0.2, 0.25) is 0 Å². The van der Waals surface area contributed by atoms with Gasteiger partial charge in [0.2, 0.25) is 0 Å². The minimum Gasteiger partial charge on any atom is -0.452 e. The van der Waals surface area contributed by atoms with Crippen LogP contribution < -0.4 is 0 Å². The summed E-state index contributed by atoms with van der Waals surface area (Å²) in [5.74, 6) is 0. The molecule has 0 aliphatic rings. The molecule has 7 heavy (non-hydrogen) atoms. The molecule has 0 aliphatic carbocycles. The average Bonchev–Trinajstić information content (AvgIpc) is 1.72. The monoisotopic (exact) mass is 202 g/mol. The Morgan fingerprint density at radius 3 is 1.71 bits per heavy atom. The van der Waals surface area contributed by atoms with Crippen molar-refractivity contribution in [3.8, 4) is 0 Å². The fourth-order valence-corrected chi connectivity index (χ4v) is 39.0. The fourth-order valence-electron chi connectivity index (χ4n) is 0.289. The molecule has 0 aliphatic heterocycles. The molecule has 0 bridgehead atoms. The number of hydrogen-bond donors (Lipinski definition) is 0. The van der Waals surface area contributed by atoms with Crippen molar-refractivity contribution in [3.63, 3.8) is 0 Å². The van der Waals surface area contributed by atoms with Crippen LogP contribution in [0.15, 0.2) is 0 Å². The number of hydrogen-bond acceptors (Lipinski definition) is 3. The molecule has 0 aromatic carbocycles. The molecule has 44 valence electrons. The van der Waals surface area contributed by atoms with Crippen molar-refractivity contribution in [3.05, 3.63) is 0 Å². The molecule has 0 spiro atoms. The maximum atomic E-state index is 5.32. The molecule has 0 saturated heterocycles. The van der Waals surface area contributed by atoms with E-state index in [-0.39, 0.29) is 0 Å². The van der Waals surface area contributed by atoms with Gasteiger partial charge in [-0.15, -0.1) is 0 Å². The first-order valence-electron chi connectivity index (χ1n) is 1.93. The van der Waals surface area contributed by atoms with Crippen molar-refractivity contribution in [1.29, 1.82) is 0 Å². The van der Waals surface area contributed by atoms with Crippen molar-refractivity contribution in [1.82, 2.24) is 0 Å². The van der Waals surface area contributed by atoms with Crippen LogP contribution in [0.5, 0.6) is 0 Å². The third-order valence-electron chi connectivity index (χ3n) is 0.577. The van der Waals surface area contributed by atoms with Crippen molar-refractivity contribution in [2.24, 2.45) is 0 Å². The predicted octanol–water partition coefficient (Wildman–Crippen LogP) is -2.97. The second-order valence-electron chi connectivity index (χ2n) is 0.996. The van der Waals surface area contributed by atoms with Gasteiger partial charge in [0.1, 0.15) is 10.5 Å². The molecule has 0 atom stereocenters. The smallest absolute Gasteiger partial charge is 0.278 e. The van der Waals surface area contributed by atoms with Crippen LogP contribution in [-0.4, -0.2) is 36.6 Å². The van der Waals surface area contributed by atoms with Gasteiger partial charge in [0.15, 0.2) is 0 Å². The average molecular weight is 203 g/mol. The van der Waals surface area contributed by atoms with Gasteiger partial charge in [-0.05, 0) is 0 Å². The molecule has 0 radical (unpaired) electrons. The van der Waals surface area contributed by atoms with Crippen molar-refractivity contribution in [2.45, 2.75) is 0 Å². The zero-order chi connectivity index (χ0) is 5.70. The molecule has 0 N–H and O–H groups in total. The fraction of sp³-hybridized carbons (Fsp3) is 0. The van der Waals surface area contributed by atoms with Gasteiger partial charge in [-0.1, -0.05) is 0 Å². The lowest BCUT2D eigenvalue weighted by Gasteiger charge is -2.04. The summed E-state index contributed by atoms with van der Waals surface area (Å²) in [7, 11) is 6.96. The van der Waals surface area contributed by atoms with Crippen molar-refractivity contribution < 1.29 is 4.12 Å². The Labute approximate surface area is 62.0 Å². The molecule has 7 heteroatoms. The summed E-state index contributed by atoms with van der Waals surface area (Å²) in [6, 6.07) is 0. The summed E-state index contributed by atoms with van der Waals surface area (Å²) in [5.41, 5.74) is 0. The Bertz CT molecular complexity index is 31.2. The maximum absolute atomic E-state index is 5.32. The van der Waals surface area contributed by atoms with E-state index in [1.165, 1.54) is 18.8 Å². The van der Waals surface area contributed by atoms with Crippen molar-refractivity contribution in [2.75, 3.05) is 0 Å². The van der Waals surface area contributed by atoms with Gasteiger partial charge in [-0.2, -0.15) is 21.3 Å². The van der Waals surface area contributed by atoms with E-state index in [0.717, 1.165) is 10.5 Å². The first kappa shape index (κ1) is 8.53. The van der Waals surface area contributed by atoms with Gasteiger partial charge in [0.25, 0.3) is 7.34 Å². The Kier molecular flexibility index (Phi) is 6.90. The van der Waals surface area contributed by atoms with Gasteiger partial charge in [-0.25, -0.2) is 0 Å². The molecule has 0 heterocycles. The molecule has 0 aromatic rings. The lowest BCUT2D eigenvalue weighted by Crippen LogP contribution is -2.05. The third kappa shape index (κ3) is 4.06. The van der Waals surface area contributed by atoms with E-state index >= 15 is 0 Å². The van der Waals surface area contributed by atoms with Crippen LogP contribution in [0.1, 0.15) is 0 Å². The van der Waals surface area contributed by atoms with Gasteiger partial charge in [0.05, 0.1) is 18.8 Å². The lowest BCUT2D eigenvalue weighted by atomic mass is 15.8. The summed E-state index contributed by atoms with van der Waals surface area (Å²) < 4.78 is 5.32. The quantitative estimate of drug-likeness (QED) is 0.453. The summed E-state index contributed by atoms with van der Waals surface area (Å²) in [4.78, 5) is 0. The summed E-state index contributed by atoms with van der Waals surface area (Å²) >= 11 is 0. The molecule has 0 fully saturated rings. The zero-order valence-corrected chi connectivity index (χ0v) is 13.6. The zero-order valence-electron chi connectivity index (χ0n) is 4.80. The lowest BCUT2D eigenvalue weighted by molar-refractivity contribution is 0.679. The van der Waals surface area contributed by atoms with Crippen LogP contribution in [0.25, 0.3) is 0 Å². The molecule has 0 rings (SSSR count). The Hall–Kier alpha value is 1.53. The first-order valence-corrected chi connectivity index (χ1v) is 13.5. The highest BCUT2D eigenvalue weighted by Crippen LogP contribution is 2.10. The third-order valence-corrected chi connectivity index (χ3v) is 26.0. The summed E-state index contributed by atoms with van der Waals surface area (Å²) in [6.07, 6.45) is 0. The molecule has 1 nitrogen and oxygen atoms in total. The van der Waals surface area contributed by atoms with E-state index in [0.29, 0.717) is 0 Å². The van der Waals surface area contributed by atoms with Crippen LogP contribution in [0.3, 0.4) is 0 Å². The largest absolute Gasteiger partial charge is 0.452 e. The molecular weight excluding hydrogens is 192 g/mol. The highest BCUT2D eigenvalue weighted by molar-refractivity contribution is 8.66. The second-order valence-corrected chi connectivity index (χ2v) is 19.2. The van der Waals surface area contributed by atoms with Gasteiger partial charge in [0, 0.05) is 0 Å². The molecule has 0 aromatic heterocycles. The highest BCUT2D eigenvalue weighted by Gasteiger charge is 2.00. The number of rotatable bonds is 3. The van der Waals surface area contributed by atoms with E-state index in [9.17, 15) is 0 Å². The van der Waals surface area contributed by atoms with Gasteiger partial charge < -0.3 is 4.12 Å². The minimum atomic E-state index is -0.653. The SMILES string of the molecule is [SiH3]O[SiH](S[SiH3])S[SiH3]. The normalized spacial score (nSPS) is 15.4. The van der Waals surface area contributed by atoms with E-state index in [1.54, 1.807) is 0 Å². The first-order chi connectivity index (χ1) is 3.35. The van der Waals surface area contributed by atoms with Crippen LogP contribution >= 0.6 is 21.3 Å². The second kappa shape index (κ2) is 5.66. The van der Waals surface area contributed by atoms with E-state index in [2.05, 4.69) is 21.3 Å². The molecule has 0 saturated carbocycles. The minimum absolute atomic E-state index is 0.653. The summed E-state index contributed by atoms with van der Waals surface area (Å²) in [5, 5.41) is 0. The van der Waals surface area contributed by atoms with Crippen LogP contribution in [-0.2, 0) is 4.12 Å². The van der Waals surface area contributed by atoms with E-state index in [1.807, 2.05) is 0 Å². The molecule has 0 amide bonds. The Morgan fingerprint density at radius 1 is 1.29 bits per heavy atom. The van der Waals surface area contributed by atoms with Crippen LogP contribution in [0.4, 0.5) is 0 Å². The highest BCUT2D eigenvalue weighted by atomic mass is 32.7. The molecular formula is H10OS2Si4. The van der Waals surface area contributed by atoms with Crippen molar-refractivity contribution >= 4 is 57.9 Å². The Morgan fingerprint density at radius 2 is 1.71 bits per heavy atom.